The predicted molar refractivity (Wildman–Crippen MR) is 61.7 cm³/mol. The third kappa shape index (κ3) is 3.75. The Labute approximate surface area is 99.3 Å². The Balaban J connectivity index is 2.33. The van der Waals surface area contributed by atoms with Crippen LogP contribution in [0, 0.1) is 0 Å². The van der Waals surface area contributed by atoms with Gasteiger partial charge < -0.3 is 10.6 Å². The van der Waals surface area contributed by atoms with Crippen LogP contribution in [0.2, 0.25) is 0 Å². The lowest BCUT2D eigenvalue weighted by atomic mass is 10.4. The molecule has 0 saturated carbocycles. The Kier molecular flexibility index (Phi) is 4.45. The molecule has 0 atom stereocenters. The van der Waals surface area contributed by atoms with Gasteiger partial charge in [-0.1, -0.05) is 6.58 Å². The van der Waals surface area contributed by atoms with Crippen molar-refractivity contribution >= 4 is 17.7 Å². The maximum absolute atomic E-state index is 11.4. The Hall–Kier alpha value is -2.11. The fraction of sp³-hybridized carbons (Fsp3) is 0.364. The second kappa shape index (κ2) is 5.83. The summed E-state index contributed by atoms with van der Waals surface area (Å²) >= 11 is 0. The Bertz CT molecular complexity index is 369. The zero-order valence-electron chi connectivity index (χ0n) is 9.66. The van der Waals surface area contributed by atoms with Gasteiger partial charge in [0.2, 0.25) is 5.91 Å². The molecule has 0 aromatic heterocycles. The van der Waals surface area contributed by atoms with E-state index in [1.807, 2.05) is 6.92 Å². The van der Waals surface area contributed by atoms with Crippen molar-refractivity contribution in [3.63, 3.8) is 0 Å². The van der Waals surface area contributed by atoms with Crippen LogP contribution in [0.15, 0.2) is 24.4 Å². The second-order valence-corrected chi connectivity index (χ2v) is 3.51. The van der Waals surface area contributed by atoms with Gasteiger partial charge in [-0.15, -0.1) is 0 Å². The molecule has 0 radical (unpaired) electrons. The van der Waals surface area contributed by atoms with E-state index in [1.54, 1.807) is 0 Å². The fourth-order valence-electron chi connectivity index (χ4n) is 1.30. The molecule has 0 bridgehead atoms. The minimum Gasteiger partial charge on any atom is -0.388 e. The highest BCUT2D eigenvalue weighted by Gasteiger charge is 2.25. The lowest BCUT2D eigenvalue weighted by molar-refractivity contribution is -0.140. The first-order chi connectivity index (χ1) is 8.04. The van der Waals surface area contributed by atoms with Gasteiger partial charge in [-0.2, -0.15) is 0 Å². The number of amides is 3. The van der Waals surface area contributed by atoms with Crippen molar-refractivity contribution in [1.82, 2.24) is 15.5 Å². The summed E-state index contributed by atoms with van der Waals surface area (Å²) in [5.74, 6) is -1.32. The zero-order valence-corrected chi connectivity index (χ0v) is 9.66. The topological polar surface area (TPSA) is 78.5 Å². The molecule has 1 aliphatic heterocycles. The van der Waals surface area contributed by atoms with Crippen LogP contribution in [-0.2, 0) is 14.4 Å². The summed E-state index contributed by atoms with van der Waals surface area (Å²) in [6.07, 6.45) is 2.29. The molecule has 3 amide bonds. The summed E-state index contributed by atoms with van der Waals surface area (Å²) in [4.78, 5) is 34.7. The van der Waals surface area contributed by atoms with Crippen LogP contribution in [0.4, 0.5) is 0 Å². The summed E-state index contributed by atoms with van der Waals surface area (Å²) in [5, 5.41) is 5.50. The number of nitrogens with zero attached hydrogens (tertiary/aromatic N) is 1. The van der Waals surface area contributed by atoms with E-state index in [2.05, 4.69) is 17.2 Å². The van der Waals surface area contributed by atoms with Crippen LogP contribution in [0.25, 0.3) is 0 Å². The molecule has 92 valence electrons. The van der Waals surface area contributed by atoms with E-state index in [0.717, 1.165) is 23.6 Å². The lowest BCUT2D eigenvalue weighted by Crippen LogP contribution is -2.41. The Morgan fingerprint density at radius 2 is 1.88 bits per heavy atom. The van der Waals surface area contributed by atoms with Crippen molar-refractivity contribution < 1.29 is 14.4 Å². The van der Waals surface area contributed by atoms with Crippen molar-refractivity contribution in [3.8, 4) is 0 Å². The van der Waals surface area contributed by atoms with E-state index < -0.39 is 17.7 Å². The van der Waals surface area contributed by atoms with Gasteiger partial charge in [-0.05, 0) is 6.92 Å². The van der Waals surface area contributed by atoms with E-state index in [4.69, 9.17) is 0 Å². The first-order valence-corrected chi connectivity index (χ1v) is 5.26. The number of hydrogen-bond donors (Lipinski definition) is 2. The standard InChI is InChI=1S/C11H15N3O3/c1-3-12-8(2)6-13-9(15)7-14-10(16)4-5-11(14)17/h4-5,12H,2-3,6-7H2,1H3,(H,13,15). The highest BCUT2D eigenvalue weighted by Crippen LogP contribution is 2.02. The van der Waals surface area contributed by atoms with Crippen LogP contribution in [0.5, 0.6) is 0 Å². The van der Waals surface area contributed by atoms with E-state index in [-0.39, 0.29) is 13.1 Å². The van der Waals surface area contributed by atoms with Crippen LogP contribution >= 0.6 is 0 Å². The summed E-state index contributed by atoms with van der Waals surface area (Å²) in [6.45, 7) is 6.35. The average molecular weight is 237 g/mol. The van der Waals surface area contributed by atoms with Crippen LogP contribution in [-0.4, -0.2) is 42.3 Å². The maximum atomic E-state index is 11.4. The highest BCUT2D eigenvalue weighted by atomic mass is 16.2. The quantitative estimate of drug-likeness (QED) is 0.590. The molecule has 0 aromatic carbocycles. The monoisotopic (exact) mass is 237 g/mol. The van der Waals surface area contributed by atoms with Gasteiger partial charge in [-0.25, -0.2) is 0 Å². The molecule has 0 aromatic rings. The minimum absolute atomic E-state index is 0.260. The van der Waals surface area contributed by atoms with Gasteiger partial charge in [0.15, 0.2) is 0 Å². The number of likely N-dealkylation sites (N-methyl/N-ethyl adjacent to an activating group) is 1. The zero-order chi connectivity index (χ0) is 12.8. The normalized spacial score (nSPS) is 14.1. The van der Waals surface area contributed by atoms with Gasteiger partial charge in [0, 0.05) is 24.4 Å². The molecular formula is C11H15N3O3. The molecule has 0 aliphatic carbocycles. The maximum Gasteiger partial charge on any atom is 0.254 e. The van der Waals surface area contributed by atoms with Crippen molar-refractivity contribution in [2.45, 2.75) is 6.92 Å². The summed E-state index contributed by atoms with van der Waals surface area (Å²) in [5.41, 5.74) is 0.679. The Morgan fingerprint density at radius 1 is 1.29 bits per heavy atom. The first-order valence-electron chi connectivity index (χ1n) is 5.26. The number of carbonyl (C=O) groups is 3. The van der Waals surface area contributed by atoms with Crippen LogP contribution < -0.4 is 10.6 Å². The fourth-order valence-corrected chi connectivity index (χ4v) is 1.30. The number of carbonyl (C=O) groups excluding carboxylic acids is 3. The second-order valence-electron chi connectivity index (χ2n) is 3.51. The SMILES string of the molecule is C=C(CNC(=O)CN1C(=O)C=CC1=O)NCC. The van der Waals surface area contributed by atoms with Gasteiger partial charge in [0.25, 0.3) is 11.8 Å². The highest BCUT2D eigenvalue weighted by molar-refractivity contribution is 6.14. The summed E-state index contributed by atoms with van der Waals surface area (Å²) < 4.78 is 0. The lowest BCUT2D eigenvalue weighted by Gasteiger charge is -2.14. The average Bonchev–Trinajstić information content (AvgIpc) is 2.58. The number of imide groups is 1. The summed E-state index contributed by atoms with van der Waals surface area (Å²) in [7, 11) is 0. The summed E-state index contributed by atoms with van der Waals surface area (Å²) in [6, 6.07) is 0. The van der Waals surface area contributed by atoms with Gasteiger partial charge in [0.05, 0.1) is 6.54 Å². The molecule has 0 unspecified atom stereocenters. The third-order valence-corrected chi connectivity index (χ3v) is 2.13. The largest absolute Gasteiger partial charge is 0.388 e. The van der Waals surface area contributed by atoms with Crippen LogP contribution in [0.1, 0.15) is 6.92 Å². The molecule has 0 saturated heterocycles. The molecule has 0 spiro atoms. The van der Waals surface area contributed by atoms with Gasteiger partial charge in [-0.3, -0.25) is 19.3 Å². The van der Waals surface area contributed by atoms with E-state index in [9.17, 15) is 14.4 Å². The molecule has 1 aliphatic rings. The molecule has 2 N–H and O–H groups in total. The van der Waals surface area contributed by atoms with Crippen LogP contribution in [0.3, 0.4) is 0 Å². The van der Waals surface area contributed by atoms with Crippen molar-refractivity contribution in [2.24, 2.45) is 0 Å². The molecule has 1 heterocycles. The van der Waals surface area contributed by atoms with E-state index in [0.29, 0.717) is 5.70 Å². The van der Waals surface area contributed by atoms with Gasteiger partial charge >= 0.3 is 0 Å². The Morgan fingerprint density at radius 3 is 2.41 bits per heavy atom. The van der Waals surface area contributed by atoms with Crippen molar-refractivity contribution in [2.75, 3.05) is 19.6 Å². The minimum atomic E-state index is -0.462. The number of nitrogens with one attached hydrogen (secondary N) is 2. The third-order valence-electron chi connectivity index (χ3n) is 2.13. The molecule has 0 fully saturated rings. The molecule has 6 nitrogen and oxygen atoms in total. The molecule has 17 heavy (non-hydrogen) atoms. The van der Waals surface area contributed by atoms with Crippen molar-refractivity contribution in [1.29, 1.82) is 0 Å². The predicted octanol–water partition coefficient (Wildman–Crippen LogP) is -0.849. The number of hydrogen-bond acceptors (Lipinski definition) is 4. The smallest absolute Gasteiger partial charge is 0.254 e. The first kappa shape index (κ1) is 13.0. The number of rotatable bonds is 6. The molecular weight excluding hydrogens is 222 g/mol. The molecule has 1 rings (SSSR count). The molecule has 6 heteroatoms. The van der Waals surface area contributed by atoms with Crippen molar-refractivity contribution in [3.05, 3.63) is 24.4 Å². The van der Waals surface area contributed by atoms with E-state index in [1.165, 1.54) is 0 Å². The van der Waals surface area contributed by atoms with E-state index >= 15 is 0 Å². The van der Waals surface area contributed by atoms with Gasteiger partial charge in [0.1, 0.15) is 6.54 Å².